The topological polar surface area (TPSA) is 99.1 Å². The van der Waals surface area contributed by atoms with Gasteiger partial charge in [-0.05, 0) is 0 Å². The fourth-order valence-corrected chi connectivity index (χ4v) is 3.48. The van der Waals surface area contributed by atoms with Gasteiger partial charge in [-0.3, -0.25) is 0 Å². The highest BCUT2D eigenvalue weighted by Crippen LogP contribution is 2.43. The van der Waals surface area contributed by atoms with Crippen LogP contribution < -0.4 is 0 Å². The van der Waals surface area contributed by atoms with Gasteiger partial charge < -0.3 is 0 Å². The lowest BCUT2D eigenvalue weighted by Crippen LogP contribution is -2.12. The van der Waals surface area contributed by atoms with Crippen molar-refractivity contribution in [2.75, 3.05) is 0 Å². The second kappa shape index (κ2) is 9.80. The molecule has 4 aromatic rings. The van der Waals surface area contributed by atoms with Gasteiger partial charge in [0.25, 0.3) is 17.8 Å². The molecule has 40 heavy (non-hydrogen) atoms. The molecule has 4 heterocycles. The third-order valence-electron chi connectivity index (χ3n) is 5.13. The summed E-state index contributed by atoms with van der Waals surface area (Å²) in [5.41, 5.74) is -14.2. The van der Waals surface area contributed by atoms with Crippen molar-refractivity contribution in [3.05, 3.63) is 81.7 Å². The van der Waals surface area contributed by atoms with E-state index in [1.165, 1.54) is 0 Å². The predicted octanol–water partition coefficient (Wildman–Crippen LogP) is 5.68. The molecule has 0 aliphatic rings. The number of halogens is 12. The minimum absolute atomic E-state index is 1.04. The van der Waals surface area contributed by atoms with Gasteiger partial charge in [-0.1, -0.05) is 0 Å². The maximum Gasteiger partial charge on any atom is 0.254 e. The van der Waals surface area contributed by atoms with E-state index in [0.717, 1.165) is 12.1 Å². The zero-order chi connectivity index (χ0) is 29.8. The molecule has 0 spiro atoms. The molecule has 0 saturated carbocycles. The first-order chi connectivity index (χ1) is 18.8. The minimum Gasteiger partial charge on any atom is -0.244 e. The summed E-state index contributed by atoms with van der Waals surface area (Å²) in [5.74, 6) is -29.5. The second-order valence-corrected chi connectivity index (χ2v) is 7.25. The molecule has 0 radical (unpaired) electrons. The van der Waals surface area contributed by atoms with Gasteiger partial charge in [0.05, 0.1) is 39.2 Å². The largest absolute Gasteiger partial charge is 0.254 e. The van der Waals surface area contributed by atoms with Gasteiger partial charge in [-0.2, -0.15) is 65.0 Å². The third kappa shape index (κ3) is 4.01. The molecule has 0 aliphatic carbocycles. The number of hydrogen-bond acceptors (Lipinski definition) is 6. The van der Waals surface area contributed by atoms with Crippen LogP contribution in [0.25, 0.3) is 33.6 Å². The fraction of sp³-hybridized carbons (Fsp3) is 0. The summed E-state index contributed by atoms with van der Waals surface area (Å²) >= 11 is 0. The van der Waals surface area contributed by atoms with Crippen LogP contribution in [0.1, 0.15) is 11.1 Å². The first-order valence-corrected chi connectivity index (χ1v) is 9.75. The molecule has 6 nitrogen and oxygen atoms in total. The van der Waals surface area contributed by atoms with Gasteiger partial charge in [0.15, 0.2) is 17.5 Å². The molecule has 0 unspecified atom stereocenters. The van der Waals surface area contributed by atoms with Crippen LogP contribution in [-0.4, -0.2) is 19.9 Å². The van der Waals surface area contributed by atoms with Crippen molar-refractivity contribution in [2.24, 2.45) is 0 Å². The van der Waals surface area contributed by atoms with Crippen molar-refractivity contribution in [1.29, 1.82) is 10.5 Å². The molecule has 4 aromatic heterocycles. The molecule has 202 valence electrons. The van der Waals surface area contributed by atoms with Crippen LogP contribution in [0.2, 0.25) is 0 Å². The Kier molecular flexibility index (Phi) is 6.80. The molecular formula is C22F12N6. The number of aromatic nitrogens is 4. The highest BCUT2D eigenvalue weighted by atomic mass is 19.2. The summed E-state index contributed by atoms with van der Waals surface area (Å²) in [6.45, 7) is 0. The van der Waals surface area contributed by atoms with E-state index in [-0.39, 0.29) is 0 Å². The van der Waals surface area contributed by atoms with E-state index >= 15 is 0 Å². The Bertz CT molecular complexity index is 1760. The molecule has 0 N–H and O–H groups in total. The van der Waals surface area contributed by atoms with E-state index in [4.69, 9.17) is 0 Å². The average Bonchev–Trinajstić information content (AvgIpc) is 2.89. The van der Waals surface area contributed by atoms with Crippen LogP contribution in [0, 0.1) is 93.3 Å². The van der Waals surface area contributed by atoms with Crippen LogP contribution in [0.4, 0.5) is 52.7 Å². The SMILES string of the molecule is N#Cc1c(-c2c(F)nc(F)c(F)c2F)nc(-c2c(F)nc(F)c(F)c2F)c(C#N)c1-c1c(F)nc(F)c(F)c1F. The van der Waals surface area contributed by atoms with Crippen LogP contribution in [0.5, 0.6) is 0 Å². The summed E-state index contributed by atoms with van der Waals surface area (Å²) in [7, 11) is 0. The summed E-state index contributed by atoms with van der Waals surface area (Å²) in [6.07, 6.45) is 0. The normalized spacial score (nSPS) is 10.9. The number of nitrogens with zero attached hydrogens (tertiary/aromatic N) is 6. The van der Waals surface area contributed by atoms with E-state index in [1.54, 1.807) is 0 Å². The molecule has 18 heteroatoms. The lowest BCUT2D eigenvalue weighted by Gasteiger charge is -2.17. The Labute approximate surface area is 211 Å². The predicted molar refractivity (Wildman–Crippen MR) is 103 cm³/mol. The lowest BCUT2D eigenvalue weighted by atomic mass is 9.90. The highest BCUT2D eigenvalue weighted by Gasteiger charge is 2.35. The van der Waals surface area contributed by atoms with Crippen LogP contribution in [0.15, 0.2) is 0 Å². The molecule has 0 aromatic carbocycles. The molecule has 0 aliphatic heterocycles. The van der Waals surface area contributed by atoms with Gasteiger partial charge in [-0.25, -0.2) is 18.2 Å². The Balaban J connectivity index is 2.37. The number of rotatable bonds is 3. The number of pyridine rings is 4. The van der Waals surface area contributed by atoms with Crippen molar-refractivity contribution in [3.8, 4) is 45.8 Å². The minimum atomic E-state index is -2.56. The van der Waals surface area contributed by atoms with Gasteiger partial charge in [0, 0.05) is 5.56 Å². The smallest absolute Gasteiger partial charge is 0.244 e. The van der Waals surface area contributed by atoms with E-state index in [0.29, 0.717) is 0 Å². The molecular weight excluding hydrogens is 576 g/mol. The second-order valence-electron chi connectivity index (χ2n) is 7.25. The number of nitriles is 2. The van der Waals surface area contributed by atoms with E-state index in [2.05, 4.69) is 19.9 Å². The van der Waals surface area contributed by atoms with Gasteiger partial charge in [-0.15, -0.1) is 0 Å². The summed E-state index contributed by atoms with van der Waals surface area (Å²) in [4.78, 5) is 10.3. The standard InChI is InChI=1S/C22F12N6/c23-9-6(17(29)38-20(32)12(9)26)5-3(1-35)15(7-10(24)13(27)21(33)39-18(7)30)37-16(4(5)2-36)8-11(25)14(28)22(34)40-19(8)31. The molecule has 4 rings (SSSR count). The lowest BCUT2D eigenvalue weighted by molar-refractivity contribution is 0.404. The number of hydrogen-bond donors (Lipinski definition) is 0. The van der Waals surface area contributed by atoms with Crippen LogP contribution in [-0.2, 0) is 0 Å². The first kappa shape index (κ1) is 27.8. The van der Waals surface area contributed by atoms with Gasteiger partial charge in [0.1, 0.15) is 12.1 Å². The zero-order valence-electron chi connectivity index (χ0n) is 18.2. The molecule has 0 amide bonds. The molecule has 0 atom stereocenters. The fourth-order valence-electron chi connectivity index (χ4n) is 3.48. The maximum absolute atomic E-state index is 14.8. The Morgan fingerprint density at radius 2 is 0.650 bits per heavy atom. The van der Waals surface area contributed by atoms with Crippen LogP contribution >= 0.6 is 0 Å². The molecule has 0 fully saturated rings. The molecule has 0 saturated heterocycles. The average molecular weight is 576 g/mol. The van der Waals surface area contributed by atoms with E-state index < -0.39 is 115 Å². The maximum atomic E-state index is 14.8. The summed E-state index contributed by atoms with van der Waals surface area (Å²) in [5, 5.41) is 19.3. The zero-order valence-corrected chi connectivity index (χ0v) is 18.2. The van der Waals surface area contributed by atoms with Gasteiger partial charge in [0.2, 0.25) is 35.3 Å². The van der Waals surface area contributed by atoms with Crippen LogP contribution in [0.3, 0.4) is 0 Å². The Morgan fingerprint density at radius 1 is 0.350 bits per heavy atom. The van der Waals surface area contributed by atoms with E-state index in [1.807, 2.05) is 0 Å². The monoisotopic (exact) mass is 576 g/mol. The highest BCUT2D eigenvalue weighted by molar-refractivity contribution is 5.89. The summed E-state index contributed by atoms with van der Waals surface area (Å²) < 4.78 is 170. The molecule has 0 bridgehead atoms. The van der Waals surface area contributed by atoms with Crippen molar-refractivity contribution in [3.63, 3.8) is 0 Å². The van der Waals surface area contributed by atoms with E-state index in [9.17, 15) is 63.2 Å². The van der Waals surface area contributed by atoms with Crippen molar-refractivity contribution >= 4 is 0 Å². The summed E-state index contributed by atoms with van der Waals surface area (Å²) in [6, 6.07) is 2.07. The Hall–Kier alpha value is -5.26. The van der Waals surface area contributed by atoms with Crippen molar-refractivity contribution in [1.82, 2.24) is 19.9 Å². The van der Waals surface area contributed by atoms with Crippen molar-refractivity contribution < 1.29 is 52.7 Å². The van der Waals surface area contributed by atoms with Crippen molar-refractivity contribution in [2.45, 2.75) is 0 Å². The Morgan fingerprint density at radius 3 is 0.975 bits per heavy atom. The van der Waals surface area contributed by atoms with Gasteiger partial charge >= 0.3 is 0 Å². The third-order valence-corrected chi connectivity index (χ3v) is 5.13. The quantitative estimate of drug-likeness (QED) is 0.230. The first-order valence-electron chi connectivity index (χ1n) is 9.75.